The smallest absolute Gasteiger partial charge is 0.105 e. The van der Waals surface area contributed by atoms with Crippen molar-refractivity contribution in [2.75, 3.05) is 20.6 Å². The molecule has 0 aliphatic rings. The molecule has 0 aromatic heterocycles. The van der Waals surface area contributed by atoms with Gasteiger partial charge < -0.3 is 4.48 Å². The van der Waals surface area contributed by atoms with Crippen LogP contribution >= 0.6 is 0 Å². The van der Waals surface area contributed by atoms with Crippen molar-refractivity contribution in [1.82, 2.24) is 0 Å². The van der Waals surface area contributed by atoms with Gasteiger partial charge >= 0.3 is 0 Å². The maximum Gasteiger partial charge on any atom is 0.105 e. The van der Waals surface area contributed by atoms with Crippen LogP contribution in [-0.4, -0.2) is 25.1 Å². The molecule has 1 nitrogen and oxygen atoms in total. The average molecular weight is 303 g/mol. The number of rotatable bonds is 12. The van der Waals surface area contributed by atoms with E-state index < -0.39 is 0 Å². The van der Waals surface area contributed by atoms with E-state index in [1.54, 1.807) is 0 Å². The van der Waals surface area contributed by atoms with Crippen molar-refractivity contribution in [3.8, 4) is 0 Å². The predicted molar refractivity (Wildman–Crippen MR) is 99.8 cm³/mol. The summed E-state index contributed by atoms with van der Waals surface area (Å²) in [5.74, 6) is 0. The molecule has 0 aliphatic heterocycles. The molecule has 0 radical (unpaired) electrons. The molecule has 1 rings (SSSR count). The maximum absolute atomic E-state index is 3.93. The Morgan fingerprint density at radius 2 is 1.50 bits per heavy atom. The van der Waals surface area contributed by atoms with E-state index in [0.717, 1.165) is 11.0 Å². The normalized spacial score (nSPS) is 11.6. The van der Waals surface area contributed by atoms with E-state index in [9.17, 15) is 0 Å². The summed E-state index contributed by atoms with van der Waals surface area (Å²) in [4.78, 5) is 0. The molecule has 0 saturated heterocycles. The van der Waals surface area contributed by atoms with E-state index in [2.05, 4.69) is 51.9 Å². The second-order valence-electron chi connectivity index (χ2n) is 7.20. The van der Waals surface area contributed by atoms with Crippen molar-refractivity contribution in [2.24, 2.45) is 0 Å². The summed E-state index contributed by atoms with van der Waals surface area (Å²) < 4.78 is 1.07. The summed E-state index contributed by atoms with van der Waals surface area (Å²) >= 11 is 0. The molecule has 0 N–H and O–H groups in total. The number of unbranched alkanes of at least 4 members (excludes halogenated alkanes) is 7. The summed E-state index contributed by atoms with van der Waals surface area (Å²) in [5, 5.41) is 0. The van der Waals surface area contributed by atoms with E-state index in [4.69, 9.17) is 0 Å². The fourth-order valence-electron chi connectivity index (χ4n) is 3.09. The van der Waals surface area contributed by atoms with Gasteiger partial charge in [-0.2, -0.15) is 0 Å². The molecule has 1 aromatic rings. The lowest BCUT2D eigenvalue weighted by molar-refractivity contribution is -0.903. The Morgan fingerprint density at radius 1 is 0.909 bits per heavy atom. The maximum atomic E-state index is 3.93. The minimum absolute atomic E-state index is 1.07. The lowest BCUT2D eigenvalue weighted by atomic mass is 10.1. The zero-order valence-electron chi connectivity index (χ0n) is 15.1. The fraction of sp³-hybridized carbons (Fsp3) is 0.619. The van der Waals surface area contributed by atoms with Gasteiger partial charge in [0.25, 0.3) is 0 Å². The van der Waals surface area contributed by atoms with Gasteiger partial charge in [0.15, 0.2) is 0 Å². The van der Waals surface area contributed by atoms with Gasteiger partial charge in [0.1, 0.15) is 6.54 Å². The van der Waals surface area contributed by atoms with E-state index in [1.165, 1.54) is 69.0 Å². The van der Waals surface area contributed by atoms with Crippen LogP contribution in [0.2, 0.25) is 0 Å². The van der Waals surface area contributed by atoms with Gasteiger partial charge in [0, 0.05) is 5.56 Å². The van der Waals surface area contributed by atoms with Gasteiger partial charge in [-0.25, -0.2) is 0 Å². The van der Waals surface area contributed by atoms with Crippen LogP contribution in [0.25, 0.3) is 6.08 Å². The van der Waals surface area contributed by atoms with Crippen LogP contribution in [0.1, 0.15) is 69.4 Å². The molecule has 1 heteroatoms. The first kappa shape index (κ1) is 19.0. The quantitative estimate of drug-likeness (QED) is 0.326. The first-order valence-corrected chi connectivity index (χ1v) is 9.11. The van der Waals surface area contributed by atoms with Gasteiger partial charge in [-0.3, -0.25) is 0 Å². The Labute approximate surface area is 138 Å². The lowest BCUT2D eigenvalue weighted by Crippen LogP contribution is -2.39. The molecular weight excluding hydrogens is 266 g/mol. The summed E-state index contributed by atoms with van der Waals surface area (Å²) in [6.07, 6.45) is 13.2. The van der Waals surface area contributed by atoms with Gasteiger partial charge in [-0.1, -0.05) is 82.4 Å². The van der Waals surface area contributed by atoms with Gasteiger partial charge in [0.05, 0.1) is 20.6 Å². The number of hydrogen-bond acceptors (Lipinski definition) is 0. The molecule has 0 saturated carbocycles. The highest BCUT2D eigenvalue weighted by molar-refractivity contribution is 5.51. The van der Waals surface area contributed by atoms with Crippen LogP contribution in [-0.2, 0) is 6.54 Å². The van der Waals surface area contributed by atoms with Crippen molar-refractivity contribution in [2.45, 2.75) is 64.8 Å². The third-order valence-corrected chi connectivity index (χ3v) is 4.49. The topological polar surface area (TPSA) is 0 Å². The highest BCUT2D eigenvalue weighted by Gasteiger charge is 2.16. The zero-order chi connectivity index (χ0) is 16.3. The van der Waals surface area contributed by atoms with Crippen molar-refractivity contribution >= 4 is 6.08 Å². The molecule has 0 bridgehead atoms. The van der Waals surface area contributed by atoms with E-state index in [-0.39, 0.29) is 0 Å². The zero-order valence-corrected chi connectivity index (χ0v) is 15.1. The molecule has 0 aliphatic carbocycles. The van der Waals surface area contributed by atoms with Crippen LogP contribution in [0.15, 0.2) is 30.8 Å². The van der Waals surface area contributed by atoms with Crippen molar-refractivity contribution in [3.05, 3.63) is 42.0 Å². The summed E-state index contributed by atoms with van der Waals surface area (Å²) in [7, 11) is 4.70. The molecule has 0 amide bonds. The van der Waals surface area contributed by atoms with Gasteiger partial charge in [-0.05, 0) is 18.4 Å². The standard InChI is InChI=1S/C21H36N/c1-5-7-8-9-10-11-12-15-18-22(3,4)19-21-17-14-13-16-20(21)6-2/h6,13-14,16-17H,2,5,7-12,15,18-19H2,1,3-4H3/q+1. The van der Waals surface area contributed by atoms with Crippen molar-refractivity contribution < 1.29 is 4.48 Å². The summed E-state index contributed by atoms with van der Waals surface area (Å²) in [6, 6.07) is 8.64. The largest absolute Gasteiger partial charge is 0.325 e. The van der Waals surface area contributed by atoms with Crippen LogP contribution in [0.4, 0.5) is 0 Å². The first-order valence-electron chi connectivity index (χ1n) is 9.11. The second kappa shape index (κ2) is 10.6. The first-order chi connectivity index (χ1) is 10.6. The van der Waals surface area contributed by atoms with E-state index in [1.807, 2.05) is 6.08 Å². The number of benzene rings is 1. The Kier molecular flexibility index (Phi) is 9.15. The summed E-state index contributed by atoms with van der Waals surface area (Å²) in [5.41, 5.74) is 2.70. The average Bonchev–Trinajstić information content (AvgIpc) is 2.50. The Morgan fingerprint density at radius 3 is 2.14 bits per heavy atom. The highest BCUT2D eigenvalue weighted by atomic mass is 15.3. The third kappa shape index (κ3) is 7.79. The SMILES string of the molecule is C=Cc1ccccc1C[N+](C)(C)CCCCCCCCCC. The van der Waals surface area contributed by atoms with Gasteiger partial charge in [-0.15, -0.1) is 0 Å². The molecule has 22 heavy (non-hydrogen) atoms. The third-order valence-electron chi connectivity index (χ3n) is 4.49. The fourth-order valence-corrected chi connectivity index (χ4v) is 3.09. The minimum Gasteiger partial charge on any atom is -0.325 e. The molecular formula is C21H36N+. The predicted octanol–water partition coefficient (Wildman–Crippen LogP) is 6.05. The Hall–Kier alpha value is -1.08. The molecule has 0 atom stereocenters. The molecule has 124 valence electrons. The summed E-state index contributed by atoms with van der Waals surface area (Å²) in [6.45, 7) is 8.57. The lowest BCUT2D eigenvalue weighted by Gasteiger charge is -2.30. The van der Waals surface area contributed by atoms with Crippen LogP contribution in [0, 0.1) is 0 Å². The second-order valence-corrected chi connectivity index (χ2v) is 7.20. The Bertz CT molecular complexity index is 420. The monoisotopic (exact) mass is 302 g/mol. The molecule has 0 spiro atoms. The highest BCUT2D eigenvalue weighted by Crippen LogP contribution is 2.17. The van der Waals surface area contributed by atoms with Crippen LogP contribution in [0.5, 0.6) is 0 Å². The number of nitrogens with zero attached hydrogens (tertiary/aromatic N) is 1. The van der Waals surface area contributed by atoms with Crippen molar-refractivity contribution in [1.29, 1.82) is 0 Å². The molecule has 0 fully saturated rings. The number of quaternary nitrogens is 1. The van der Waals surface area contributed by atoms with Crippen LogP contribution in [0.3, 0.4) is 0 Å². The molecule has 0 unspecified atom stereocenters. The minimum atomic E-state index is 1.07. The molecule has 0 heterocycles. The van der Waals surface area contributed by atoms with Crippen LogP contribution < -0.4 is 0 Å². The number of hydrogen-bond donors (Lipinski definition) is 0. The van der Waals surface area contributed by atoms with Crippen molar-refractivity contribution in [3.63, 3.8) is 0 Å². The van der Waals surface area contributed by atoms with Gasteiger partial charge in [0.2, 0.25) is 0 Å². The Balaban J connectivity index is 2.25. The van der Waals surface area contributed by atoms with E-state index in [0.29, 0.717) is 0 Å². The molecule has 1 aromatic carbocycles. The van der Waals surface area contributed by atoms with E-state index >= 15 is 0 Å².